The van der Waals surface area contributed by atoms with Gasteiger partial charge in [-0.05, 0) is 99.1 Å². The molecular formula is C57H37N4S-. The number of hydrogen-bond acceptors (Lipinski definition) is 2. The van der Waals surface area contributed by atoms with Gasteiger partial charge in [0.05, 0.1) is 22.5 Å². The first-order valence-electron chi connectivity index (χ1n) is 21.4. The maximum absolute atomic E-state index is 5.58. The molecule has 0 fully saturated rings. The van der Waals surface area contributed by atoms with E-state index >= 15 is 0 Å². The number of benzene rings is 9. The molecule has 1 spiro atoms. The fourth-order valence-electron chi connectivity index (χ4n) is 11.3. The minimum Gasteiger partial charge on any atom is -0.652 e. The van der Waals surface area contributed by atoms with Crippen LogP contribution in [0.25, 0.3) is 65.7 Å². The minimum absolute atomic E-state index is 0.115. The van der Waals surface area contributed by atoms with Gasteiger partial charge >= 0.3 is 0 Å². The number of para-hydroxylation sites is 4. The molecule has 0 bridgehead atoms. The van der Waals surface area contributed by atoms with Crippen LogP contribution in [0.15, 0.2) is 216 Å². The van der Waals surface area contributed by atoms with E-state index in [0.717, 1.165) is 16.9 Å². The zero-order chi connectivity index (χ0) is 40.5. The molecule has 2 atom stereocenters. The van der Waals surface area contributed by atoms with Crippen molar-refractivity contribution in [2.45, 2.75) is 27.5 Å². The van der Waals surface area contributed by atoms with Crippen molar-refractivity contribution in [3.63, 3.8) is 0 Å². The Hall–Kier alpha value is -7.31. The molecule has 2 aromatic heterocycles. The Morgan fingerprint density at radius 1 is 0.452 bits per heavy atom. The van der Waals surface area contributed by atoms with Gasteiger partial charge in [0.15, 0.2) is 0 Å². The van der Waals surface area contributed by atoms with Crippen molar-refractivity contribution in [2.75, 3.05) is 0 Å². The van der Waals surface area contributed by atoms with Crippen molar-refractivity contribution in [3.05, 3.63) is 245 Å². The maximum atomic E-state index is 5.58. The SMILES string of the molecule is c1ccc(-n2c3ccccc3c3ccc(C4NC(n5c6ccccc6c6cc7c(cc65)C5(c6ccccc6Sc6ccccc65)c5ccccc5-7)[N-]c5ccccc54)cc32)cc1. The smallest absolute Gasteiger partial charge is 0.0736 e. The topological polar surface area (TPSA) is 36.0 Å². The van der Waals surface area contributed by atoms with Crippen LogP contribution in [0.3, 0.4) is 0 Å². The lowest BCUT2D eigenvalue weighted by atomic mass is 9.67. The average molecular weight is 810 g/mol. The van der Waals surface area contributed by atoms with Crippen molar-refractivity contribution in [3.8, 4) is 16.8 Å². The molecule has 14 rings (SSSR count). The molecule has 2 unspecified atom stereocenters. The fraction of sp³-hybridized carbons (Fsp3) is 0.0526. The number of nitrogens with zero attached hydrogens (tertiary/aromatic N) is 3. The second-order valence-corrected chi connectivity index (χ2v) is 17.9. The molecule has 5 heteroatoms. The largest absolute Gasteiger partial charge is 0.652 e. The van der Waals surface area contributed by atoms with Gasteiger partial charge in [0.25, 0.3) is 0 Å². The summed E-state index contributed by atoms with van der Waals surface area (Å²) in [5, 5.41) is 14.7. The number of hydrogen-bond donors (Lipinski definition) is 1. The third-order valence-corrected chi connectivity index (χ3v) is 14.9. The van der Waals surface area contributed by atoms with E-state index in [4.69, 9.17) is 5.32 Å². The quantitative estimate of drug-likeness (QED) is 0.193. The molecule has 0 radical (unpaired) electrons. The van der Waals surface area contributed by atoms with Crippen LogP contribution < -0.4 is 5.32 Å². The Morgan fingerprint density at radius 2 is 1.08 bits per heavy atom. The van der Waals surface area contributed by atoms with Crippen LogP contribution in [-0.4, -0.2) is 9.13 Å². The van der Waals surface area contributed by atoms with Crippen LogP contribution in [-0.2, 0) is 5.41 Å². The highest BCUT2D eigenvalue weighted by Crippen LogP contribution is 2.63. The van der Waals surface area contributed by atoms with E-state index in [9.17, 15) is 0 Å². The first-order chi connectivity index (χ1) is 30.8. The zero-order valence-corrected chi connectivity index (χ0v) is 34.4. The van der Waals surface area contributed by atoms with Gasteiger partial charge in [-0.25, -0.2) is 0 Å². The van der Waals surface area contributed by atoms with Crippen molar-refractivity contribution in [2.24, 2.45) is 0 Å². The zero-order valence-electron chi connectivity index (χ0n) is 33.5. The normalized spacial score (nSPS) is 16.8. The monoisotopic (exact) mass is 809 g/mol. The molecular weight excluding hydrogens is 773 g/mol. The predicted octanol–water partition coefficient (Wildman–Crippen LogP) is 14.6. The van der Waals surface area contributed by atoms with Gasteiger partial charge < -0.3 is 19.8 Å². The number of nitrogens with one attached hydrogen (secondary N) is 1. The Kier molecular flexibility index (Phi) is 7.13. The molecule has 0 saturated carbocycles. The summed E-state index contributed by atoms with van der Waals surface area (Å²) in [6.07, 6.45) is -0.382. The van der Waals surface area contributed by atoms with Crippen LogP contribution in [0.1, 0.15) is 45.7 Å². The van der Waals surface area contributed by atoms with Crippen LogP contribution in [0.4, 0.5) is 5.69 Å². The van der Waals surface area contributed by atoms with E-state index in [1.54, 1.807) is 0 Å². The molecule has 1 N–H and O–H groups in total. The summed E-state index contributed by atoms with van der Waals surface area (Å²) in [4.78, 5) is 2.61. The lowest BCUT2D eigenvalue weighted by molar-refractivity contribution is 0.436. The van der Waals surface area contributed by atoms with Crippen LogP contribution >= 0.6 is 11.8 Å². The predicted molar refractivity (Wildman–Crippen MR) is 255 cm³/mol. The summed E-state index contributed by atoms with van der Waals surface area (Å²) < 4.78 is 4.88. The van der Waals surface area contributed by atoms with Gasteiger partial charge in [0, 0.05) is 54.3 Å². The lowest BCUT2D eigenvalue weighted by Crippen LogP contribution is -2.34. The summed E-state index contributed by atoms with van der Waals surface area (Å²) in [6, 6.07) is 76.2. The van der Waals surface area contributed by atoms with Gasteiger partial charge in [-0.3, -0.25) is 0 Å². The Labute approximate surface area is 363 Å². The molecule has 0 saturated heterocycles. The Morgan fingerprint density at radius 3 is 1.89 bits per heavy atom. The summed E-state index contributed by atoms with van der Waals surface area (Å²) >= 11 is 1.89. The van der Waals surface area contributed by atoms with Crippen molar-refractivity contribution in [1.29, 1.82) is 0 Å². The summed E-state index contributed by atoms with van der Waals surface area (Å²) in [6.45, 7) is 0. The second kappa shape index (κ2) is 12.9. The summed E-state index contributed by atoms with van der Waals surface area (Å²) in [7, 11) is 0. The Balaban J connectivity index is 1.00. The molecule has 9 aromatic carbocycles. The molecule has 4 heterocycles. The van der Waals surface area contributed by atoms with Crippen LogP contribution in [0.2, 0.25) is 0 Å². The van der Waals surface area contributed by atoms with E-state index in [2.05, 4.69) is 221 Å². The van der Waals surface area contributed by atoms with Crippen molar-refractivity contribution < 1.29 is 0 Å². The van der Waals surface area contributed by atoms with E-state index in [0.29, 0.717) is 0 Å². The molecule has 292 valence electrons. The van der Waals surface area contributed by atoms with Gasteiger partial charge in [-0.1, -0.05) is 163 Å². The van der Waals surface area contributed by atoms with Gasteiger partial charge in [0.2, 0.25) is 0 Å². The van der Waals surface area contributed by atoms with Gasteiger partial charge in [-0.15, -0.1) is 5.69 Å². The number of fused-ring (bicyclic) bond motifs is 16. The standard InChI is InChI=1S/C57H37N4S/c1-2-16-36(17-3-1)60-49-26-12-6-19-38(49)40-31-30-35(32-51(40)60)55-41-21-5-11-25-48(41)58-56(59-55)61-50-27-13-7-20-39(50)43-33-42-37-18-4-8-22-44(37)57(47(42)34-52(43)61)45-23-9-14-28-53(45)62-54-29-15-10-24-46(54)57/h1-34,55-56,59H/q-1. The summed E-state index contributed by atoms with van der Waals surface area (Å²) in [5.41, 5.74) is 16.7. The van der Waals surface area contributed by atoms with Gasteiger partial charge in [0.1, 0.15) is 0 Å². The van der Waals surface area contributed by atoms with Crippen LogP contribution in [0.5, 0.6) is 0 Å². The van der Waals surface area contributed by atoms with E-state index in [-0.39, 0.29) is 12.3 Å². The Bertz CT molecular complexity index is 3610. The molecule has 1 aliphatic carbocycles. The highest BCUT2D eigenvalue weighted by Gasteiger charge is 2.50. The molecule has 2 aliphatic heterocycles. The highest BCUT2D eigenvalue weighted by molar-refractivity contribution is 7.99. The van der Waals surface area contributed by atoms with Crippen molar-refractivity contribution >= 4 is 61.1 Å². The first-order valence-corrected chi connectivity index (χ1v) is 22.3. The molecule has 3 aliphatic rings. The van der Waals surface area contributed by atoms with E-state index in [1.165, 1.54) is 92.4 Å². The molecule has 62 heavy (non-hydrogen) atoms. The molecule has 4 nitrogen and oxygen atoms in total. The first kappa shape index (κ1) is 34.4. The third kappa shape index (κ3) is 4.56. The highest BCUT2D eigenvalue weighted by atomic mass is 32.2. The third-order valence-electron chi connectivity index (χ3n) is 13.8. The molecule has 11 aromatic rings. The number of rotatable bonds is 3. The molecule has 0 amide bonds. The van der Waals surface area contributed by atoms with Crippen LogP contribution in [0, 0.1) is 0 Å². The average Bonchev–Trinajstić information content (AvgIpc) is 3.94. The second-order valence-electron chi connectivity index (χ2n) is 16.8. The number of aromatic nitrogens is 2. The summed E-state index contributed by atoms with van der Waals surface area (Å²) in [5.74, 6) is 0. The fourth-order valence-corrected chi connectivity index (χ4v) is 12.5. The minimum atomic E-state index is -0.473. The van der Waals surface area contributed by atoms with E-state index < -0.39 is 5.41 Å². The maximum Gasteiger partial charge on any atom is 0.0736 e. The lowest BCUT2D eigenvalue weighted by Gasteiger charge is -2.46. The van der Waals surface area contributed by atoms with E-state index in [1.807, 2.05) is 11.8 Å². The van der Waals surface area contributed by atoms with Gasteiger partial charge in [-0.2, -0.15) is 0 Å². The van der Waals surface area contributed by atoms with Crippen molar-refractivity contribution in [1.82, 2.24) is 14.5 Å².